The lowest BCUT2D eigenvalue weighted by molar-refractivity contribution is 0.102. The summed E-state index contributed by atoms with van der Waals surface area (Å²) in [4.78, 5) is 16.1. The second kappa shape index (κ2) is 8.13. The highest BCUT2D eigenvalue weighted by Crippen LogP contribution is 2.22. The molecule has 6 N–H and O–H groups in total. The number of carbonyl (C=O) groups excluding carboxylic acids is 1. The highest BCUT2D eigenvalue weighted by molar-refractivity contribution is 6.03. The van der Waals surface area contributed by atoms with Crippen molar-refractivity contribution in [1.82, 2.24) is 10.2 Å². The van der Waals surface area contributed by atoms with Crippen LogP contribution < -0.4 is 16.8 Å². The molecule has 0 spiro atoms. The zero-order valence-electron chi connectivity index (χ0n) is 13.4. The first kappa shape index (κ1) is 18.9. The van der Waals surface area contributed by atoms with Crippen LogP contribution in [-0.4, -0.2) is 22.1 Å². The molecule has 7 nitrogen and oxygen atoms in total. The van der Waals surface area contributed by atoms with Crippen molar-refractivity contribution in [2.24, 2.45) is 16.5 Å². The maximum absolute atomic E-state index is 12.9. The largest absolute Gasteiger partial charge is 0.370 e. The number of rotatable bonds is 4. The summed E-state index contributed by atoms with van der Waals surface area (Å²) in [7, 11) is 0. The molecule has 26 heavy (non-hydrogen) atoms. The van der Waals surface area contributed by atoms with Crippen LogP contribution in [0.25, 0.3) is 11.3 Å². The lowest BCUT2D eigenvalue weighted by Gasteiger charge is -2.02. The van der Waals surface area contributed by atoms with Gasteiger partial charge in [-0.15, -0.1) is 12.4 Å². The SMILES string of the molecule is Cl.NC(N)=Nc1ccc(-c2cc(C(=O)Nc3ccc(F)cc3)[nH]n2)cc1. The van der Waals surface area contributed by atoms with Crippen molar-refractivity contribution in [2.75, 3.05) is 5.32 Å². The summed E-state index contributed by atoms with van der Waals surface area (Å²) in [5.74, 6) is -0.763. The number of anilines is 1. The molecular weight excluding hydrogens is 359 g/mol. The van der Waals surface area contributed by atoms with Crippen LogP contribution in [0.5, 0.6) is 0 Å². The van der Waals surface area contributed by atoms with Crippen LogP contribution >= 0.6 is 12.4 Å². The average Bonchev–Trinajstić information content (AvgIpc) is 3.07. The quantitative estimate of drug-likeness (QED) is 0.414. The van der Waals surface area contributed by atoms with Gasteiger partial charge in [0.2, 0.25) is 0 Å². The summed E-state index contributed by atoms with van der Waals surface area (Å²) < 4.78 is 12.9. The number of hydrogen-bond acceptors (Lipinski definition) is 3. The molecule has 0 radical (unpaired) electrons. The van der Waals surface area contributed by atoms with E-state index in [1.54, 1.807) is 30.3 Å². The van der Waals surface area contributed by atoms with Crippen molar-refractivity contribution in [2.45, 2.75) is 0 Å². The van der Waals surface area contributed by atoms with E-state index in [2.05, 4.69) is 20.5 Å². The summed E-state index contributed by atoms with van der Waals surface area (Å²) in [5, 5.41) is 9.46. The molecule has 1 heterocycles. The Morgan fingerprint density at radius 1 is 1.08 bits per heavy atom. The number of halogens is 2. The van der Waals surface area contributed by atoms with E-state index in [-0.39, 0.29) is 35.8 Å². The number of amides is 1. The second-order valence-electron chi connectivity index (χ2n) is 5.21. The Kier molecular flexibility index (Phi) is 5.92. The Morgan fingerprint density at radius 3 is 2.35 bits per heavy atom. The third kappa shape index (κ3) is 4.58. The van der Waals surface area contributed by atoms with Crippen molar-refractivity contribution in [3.8, 4) is 11.3 Å². The maximum atomic E-state index is 12.9. The molecule has 0 saturated heterocycles. The standard InChI is InChI=1S/C17H15FN6O.ClH/c18-11-3-7-12(8-4-11)21-16(25)15-9-14(23-24-15)10-1-5-13(6-2-10)22-17(19)20;/h1-9H,(H,21,25)(H,23,24)(H4,19,20,22);1H. The molecule has 0 fully saturated rings. The number of hydrogen-bond donors (Lipinski definition) is 4. The Bertz CT molecular complexity index is 917. The van der Waals surface area contributed by atoms with Gasteiger partial charge >= 0.3 is 0 Å². The first-order valence-electron chi connectivity index (χ1n) is 7.33. The van der Waals surface area contributed by atoms with E-state index in [9.17, 15) is 9.18 Å². The van der Waals surface area contributed by atoms with Crippen LogP contribution in [0.1, 0.15) is 10.5 Å². The Labute approximate surface area is 154 Å². The number of nitrogens with zero attached hydrogens (tertiary/aromatic N) is 2. The summed E-state index contributed by atoms with van der Waals surface area (Å²) in [6, 6.07) is 14.2. The number of guanidine groups is 1. The molecule has 1 aromatic heterocycles. The van der Waals surface area contributed by atoms with Gasteiger partial charge in [-0.3, -0.25) is 9.89 Å². The van der Waals surface area contributed by atoms with Crippen molar-refractivity contribution in [3.05, 3.63) is 66.1 Å². The number of benzene rings is 2. The lowest BCUT2D eigenvalue weighted by Crippen LogP contribution is -2.21. The summed E-state index contributed by atoms with van der Waals surface area (Å²) in [6.45, 7) is 0. The van der Waals surface area contributed by atoms with Gasteiger partial charge in [-0.25, -0.2) is 9.38 Å². The highest BCUT2D eigenvalue weighted by atomic mass is 35.5. The fraction of sp³-hybridized carbons (Fsp3) is 0. The third-order valence-corrected chi connectivity index (χ3v) is 3.35. The smallest absolute Gasteiger partial charge is 0.273 e. The highest BCUT2D eigenvalue weighted by Gasteiger charge is 2.11. The Balaban J connectivity index is 0.00000243. The normalized spacial score (nSPS) is 9.88. The summed E-state index contributed by atoms with van der Waals surface area (Å²) in [5.41, 5.74) is 13.4. The van der Waals surface area contributed by atoms with E-state index < -0.39 is 0 Å². The predicted molar refractivity (Wildman–Crippen MR) is 101 cm³/mol. The molecule has 0 bridgehead atoms. The minimum Gasteiger partial charge on any atom is -0.370 e. The van der Waals surface area contributed by atoms with Gasteiger partial charge in [0.25, 0.3) is 5.91 Å². The van der Waals surface area contributed by atoms with Gasteiger partial charge < -0.3 is 16.8 Å². The topological polar surface area (TPSA) is 122 Å². The number of carbonyl (C=O) groups is 1. The number of nitrogens with one attached hydrogen (secondary N) is 2. The molecule has 2 aromatic carbocycles. The van der Waals surface area contributed by atoms with Crippen molar-refractivity contribution < 1.29 is 9.18 Å². The van der Waals surface area contributed by atoms with E-state index in [0.29, 0.717) is 17.1 Å². The zero-order valence-corrected chi connectivity index (χ0v) is 14.3. The average molecular weight is 375 g/mol. The van der Waals surface area contributed by atoms with E-state index in [1.165, 1.54) is 24.3 Å². The van der Waals surface area contributed by atoms with Crippen LogP contribution in [0, 0.1) is 5.82 Å². The van der Waals surface area contributed by atoms with Crippen LogP contribution in [0.4, 0.5) is 15.8 Å². The maximum Gasteiger partial charge on any atom is 0.273 e. The predicted octanol–water partition coefficient (Wildman–Crippen LogP) is 2.79. The second-order valence-corrected chi connectivity index (χ2v) is 5.21. The third-order valence-electron chi connectivity index (χ3n) is 3.35. The summed E-state index contributed by atoms with van der Waals surface area (Å²) >= 11 is 0. The van der Waals surface area contributed by atoms with Crippen molar-refractivity contribution >= 4 is 35.6 Å². The van der Waals surface area contributed by atoms with Gasteiger partial charge in [-0.05, 0) is 42.5 Å². The van der Waals surface area contributed by atoms with Gasteiger partial charge in [-0.1, -0.05) is 12.1 Å². The van der Waals surface area contributed by atoms with Crippen LogP contribution in [0.3, 0.4) is 0 Å². The molecule has 9 heteroatoms. The molecule has 134 valence electrons. The number of aliphatic imine (C=N–C) groups is 1. The number of aromatic nitrogens is 2. The number of aromatic amines is 1. The van der Waals surface area contributed by atoms with Gasteiger partial charge in [0.1, 0.15) is 11.5 Å². The van der Waals surface area contributed by atoms with Gasteiger partial charge in [0, 0.05) is 11.3 Å². The van der Waals surface area contributed by atoms with E-state index in [0.717, 1.165) is 5.56 Å². The van der Waals surface area contributed by atoms with Crippen LogP contribution in [-0.2, 0) is 0 Å². The minimum atomic E-state index is -0.373. The number of H-pyrrole nitrogens is 1. The van der Waals surface area contributed by atoms with Gasteiger partial charge in [0.05, 0.1) is 11.4 Å². The van der Waals surface area contributed by atoms with Gasteiger partial charge in [-0.2, -0.15) is 5.10 Å². The molecule has 0 aliphatic carbocycles. The first-order chi connectivity index (χ1) is 12.0. The molecule has 0 aliphatic rings. The van der Waals surface area contributed by atoms with E-state index >= 15 is 0 Å². The molecule has 0 aliphatic heterocycles. The van der Waals surface area contributed by atoms with E-state index in [1.807, 2.05) is 0 Å². The van der Waals surface area contributed by atoms with Crippen molar-refractivity contribution in [3.63, 3.8) is 0 Å². The molecule has 0 unspecified atom stereocenters. The lowest BCUT2D eigenvalue weighted by atomic mass is 10.1. The monoisotopic (exact) mass is 374 g/mol. The molecule has 3 rings (SSSR count). The van der Waals surface area contributed by atoms with Crippen LogP contribution in [0.2, 0.25) is 0 Å². The Hall–Kier alpha value is -3.39. The fourth-order valence-corrected chi connectivity index (χ4v) is 2.17. The molecule has 1 amide bonds. The molecule has 0 atom stereocenters. The minimum absolute atomic E-state index is 0. The Morgan fingerprint density at radius 2 is 1.73 bits per heavy atom. The first-order valence-corrected chi connectivity index (χ1v) is 7.33. The van der Waals surface area contributed by atoms with E-state index in [4.69, 9.17) is 11.5 Å². The van der Waals surface area contributed by atoms with Crippen LogP contribution in [0.15, 0.2) is 59.6 Å². The molecule has 3 aromatic rings. The van der Waals surface area contributed by atoms with Gasteiger partial charge in [0.15, 0.2) is 5.96 Å². The fourth-order valence-electron chi connectivity index (χ4n) is 2.17. The molecular formula is C17H16ClFN6O. The van der Waals surface area contributed by atoms with Crippen molar-refractivity contribution in [1.29, 1.82) is 0 Å². The molecule has 0 saturated carbocycles. The zero-order chi connectivity index (χ0) is 17.8. The summed E-state index contributed by atoms with van der Waals surface area (Å²) in [6.07, 6.45) is 0. The number of nitrogens with two attached hydrogens (primary N) is 2.